The Morgan fingerprint density at radius 3 is 3.29 bits per heavy atom. The summed E-state index contributed by atoms with van der Waals surface area (Å²) in [5, 5.41) is 6.72. The Morgan fingerprint density at radius 2 is 2.50 bits per heavy atom. The quantitative estimate of drug-likeness (QED) is 0.749. The number of fused-ring (bicyclic) bond motifs is 1. The summed E-state index contributed by atoms with van der Waals surface area (Å²) in [6.45, 7) is 2.47. The van der Waals surface area contributed by atoms with E-state index in [9.17, 15) is 4.79 Å². The standard InChI is InChI=1S/C9H10N4O/c1-2-10-9(14)7-6-12-13-5-3-4-11-8(7)13/h3-6H,2H2,1H3,(H,10,14). The maximum Gasteiger partial charge on any atom is 0.256 e. The van der Waals surface area contributed by atoms with Gasteiger partial charge in [-0.2, -0.15) is 5.10 Å². The van der Waals surface area contributed by atoms with Gasteiger partial charge in [0, 0.05) is 18.9 Å². The number of nitrogens with zero attached hydrogens (tertiary/aromatic N) is 3. The predicted molar refractivity (Wildman–Crippen MR) is 51.0 cm³/mol. The van der Waals surface area contributed by atoms with E-state index in [0.29, 0.717) is 17.8 Å². The molecule has 0 aromatic carbocycles. The van der Waals surface area contributed by atoms with Crippen LogP contribution in [0, 0.1) is 0 Å². The van der Waals surface area contributed by atoms with Gasteiger partial charge in [0.25, 0.3) is 5.91 Å². The number of nitrogens with one attached hydrogen (secondary N) is 1. The molecule has 0 spiro atoms. The van der Waals surface area contributed by atoms with Crippen molar-refractivity contribution >= 4 is 11.6 Å². The molecule has 0 aliphatic rings. The van der Waals surface area contributed by atoms with Crippen molar-refractivity contribution in [3.8, 4) is 0 Å². The Kier molecular flexibility index (Phi) is 2.14. The van der Waals surface area contributed by atoms with Crippen molar-refractivity contribution in [2.75, 3.05) is 6.54 Å². The maximum absolute atomic E-state index is 11.5. The summed E-state index contributed by atoms with van der Waals surface area (Å²) in [5.41, 5.74) is 1.09. The molecule has 2 aromatic rings. The van der Waals surface area contributed by atoms with E-state index in [1.54, 1.807) is 23.0 Å². The molecule has 0 atom stereocenters. The Hall–Kier alpha value is -1.91. The normalized spacial score (nSPS) is 10.4. The van der Waals surface area contributed by atoms with Crippen molar-refractivity contribution < 1.29 is 4.79 Å². The molecule has 0 bridgehead atoms. The molecule has 5 nitrogen and oxygen atoms in total. The molecule has 2 heterocycles. The fraction of sp³-hybridized carbons (Fsp3) is 0.222. The van der Waals surface area contributed by atoms with E-state index in [1.807, 2.05) is 6.92 Å². The first-order valence-corrected chi connectivity index (χ1v) is 4.39. The summed E-state index contributed by atoms with van der Waals surface area (Å²) in [6, 6.07) is 1.77. The minimum Gasteiger partial charge on any atom is -0.352 e. The molecule has 0 fully saturated rings. The predicted octanol–water partition coefficient (Wildman–Crippen LogP) is 0.479. The smallest absolute Gasteiger partial charge is 0.256 e. The summed E-state index contributed by atoms with van der Waals surface area (Å²) in [6.07, 6.45) is 4.91. The number of rotatable bonds is 2. The number of amides is 1. The molecule has 0 unspecified atom stereocenters. The van der Waals surface area contributed by atoms with Crippen LogP contribution in [0.3, 0.4) is 0 Å². The van der Waals surface area contributed by atoms with Crippen molar-refractivity contribution in [3.05, 3.63) is 30.2 Å². The van der Waals surface area contributed by atoms with Gasteiger partial charge in [-0.1, -0.05) is 0 Å². The van der Waals surface area contributed by atoms with Crippen molar-refractivity contribution in [2.45, 2.75) is 6.92 Å². The SMILES string of the molecule is CCNC(=O)c1cnn2cccnc12. The molecule has 0 saturated heterocycles. The molecule has 0 saturated carbocycles. The van der Waals surface area contributed by atoms with Gasteiger partial charge in [-0.25, -0.2) is 9.50 Å². The molecule has 1 amide bonds. The Labute approximate surface area is 80.8 Å². The van der Waals surface area contributed by atoms with Gasteiger partial charge in [0.15, 0.2) is 5.65 Å². The zero-order valence-corrected chi connectivity index (χ0v) is 7.77. The number of carbonyl (C=O) groups excluding carboxylic acids is 1. The lowest BCUT2D eigenvalue weighted by atomic mass is 10.3. The Bertz CT molecular complexity index is 463. The van der Waals surface area contributed by atoms with Crippen LogP contribution < -0.4 is 5.32 Å². The molecule has 1 N–H and O–H groups in total. The minimum absolute atomic E-state index is 0.138. The molecule has 14 heavy (non-hydrogen) atoms. The van der Waals surface area contributed by atoms with E-state index in [4.69, 9.17) is 0 Å². The van der Waals surface area contributed by atoms with Gasteiger partial charge >= 0.3 is 0 Å². The van der Waals surface area contributed by atoms with Crippen LogP contribution in [0.4, 0.5) is 0 Å². The highest BCUT2D eigenvalue weighted by atomic mass is 16.1. The van der Waals surface area contributed by atoms with E-state index >= 15 is 0 Å². The fourth-order valence-corrected chi connectivity index (χ4v) is 1.24. The van der Waals surface area contributed by atoms with E-state index in [-0.39, 0.29) is 5.91 Å². The van der Waals surface area contributed by atoms with Gasteiger partial charge in [-0.15, -0.1) is 0 Å². The summed E-state index contributed by atoms with van der Waals surface area (Å²) < 4.78 is 1.57. The molecule has 0 radical (unpaired) electrons. The molecule has 0 aliphatic carbocycles. The Morgan fingerprint density at radius 1 is 1.64 bits per heavy atom. The lowest BCUT2D eigenvalue weighted by Crippen LogP contribution is -2.22. The van der Waals surface area contributed by atoms with Gasteiger partial charge in [0.2, 0.25) is 0 Å². The van der Waals surface area contributed by atoms with Crippen LogP contribution in [0.15, 0.2) is 24.7 Å². The highest BCUT2D eigenvalue weighted by Gasteiger charge is 2.11. The number of hydrogen-bond acceptors (Lipinski definition) is 3. The number of aromatic nitrogens is 3. The average Bonchev–Trinajstić information content (AvgIpc) is 2.61. The van der Waals surface area contributed by atoms with E-state index in [0.717, 1.165) is 0 Å². The first-order chi connectivity index (χ1) is 6.83. The Balaban J connectivity index is 2.47. The second-order valence-electron chi connectivity index (χ2n) is 2.81. The van der Waals surface area contributed by atoms with Crippen molar-refractivity contribution in [3.63, 3.8) is 0 Å². The molecule has 5 heteroatoms. The minimum atomic E-state index is -0.138. The summed E-state index contributed by atoms with van der Waals surface area (Å²) in [7, 11) is 0. The molecule has 72 valence electrons. The van der Waals surface area contributed by atoms with Gasteiger partial charge in [0.05, 0.1) is 6.20 Å². The van der Waals surface area contributed by atoms with Crippen LogP contribution in [0.25, 0.3) is 5.65 Å². The molecular weight excluding hydrogens is 180 g/mol. The third kappa shape index (κ3) is 1.32. The summed E-state index contributed by atoms with van der Waals surface area (Å²) >= 11 is 0. The van der Waals surface area contributed by atoms with Crippen LogP contribution >= 0.6 is 0 Å². The van der Waals surface area contributed by atoms with Gasteiger partial charge < -0.3 is 5.32 Å². The zero-order valence-electron chi connectivity index (χ0n) is 7.77. The number of hydrogen-bond donors (Lipinski definition) is 1. The second-order valence-corrected chi connectivity index (χ2v) is 2.81. The van der Waals surface area contributed by atoms with Crippen LogP contribution in [-0.4, -0.2) is 27.0 Å². The van der Waals surface area contributed by atoms with Gasteiger partial charge in [-0.3, -0.25) is 4.79 Å². The van der Waals surface area contributed by atoms with Crippen molar-refractivity contribution in [1.82, 2.24) is 19.9 Å². The maximum atomic E-state index is 11.5. The van der Waals surface area contributed by atoms with E-state index < -0.39 is 0 Å². The molecule has 2 rings (SSSR count). The van der Waals surface area contributed by atoms with Gasteiger partial charge in [-0.05, 0) is 13.0 Å². The molecule has 2 aromatic heterocycles. The topological polar surface area (TPSA) is 59.3 Å². The van der Waals surface area contributed by atoms with Gasteiger partial charge in [0.1, 0.15) is 5.56 Å². The lowest BCUT2D eigenvalue weighted by Gasteiger charge is -1.98. The third-order valence-electron chi connectivity index (χ3n) is 1.86. The molecular formula is C9H10N4O. The third-order valence-corrected chi connectivity index (χ3v) is 1.86. The van der Waals surface area contributed by atoms with Crippen molar-refractivity contribution in [2.24, 2.45) is 0 Å². The average molecular weight is 190 g/mol. The van der Waals surface area contributed by atoms with Crippen LogP contribution in [0.2, 0.25) is 0 Å². The van der Waals surface area contributed by atoms with E-state index in [2.05, 4.69) is 15.4 Å². The first-order valence-electron chi connectivity index (χ1n) is 4.39. The summed E-state index contributed by atoms with van der Waals surface area (Å²) in [4.78, 5) is 15.6. The molecule has 0 aliphatic heterocycles. The number of carbonyl (C=O) groups is 1. The zero-order chi connectivity index (χ0) is 9.97. The lowest BCUT2D eigenvalue weighted by molar-refractivity contribution is 0.0957. The fourth-order valence-electron chi connectivity index (χ4n) is 1.24. The van der Waals surface area contributed by atoms with Crippen molar-refractivity contribution in [1.29, 1.82) is 0 Å². The highest BCUT2D eigenvalue weighted by Crippen LogP contribution is 2.05. The highest BCUT2D eigenvalue weighted by molar-refractivity contribution is 5.99. The van der Waals surface area contributed by atoms with Crippen LogP contribution in [0.1, 0.15) is 17.3 Å². The van der Waals surface area contributed by atoms with Crippen LogP contribution in [-0.2, 0) is 0 Å². The van der Waals surface area contributed by atoms with E-state index in [1.165, 1.54) is 6.20 Å². The van der Waals surface area contributed by atoms with Crippen LogP contribution in [0.5, 0.6) is 0 Å². The monoisotopic (exact) mass is 190 g/mol. The first kappa shape index (κ1) is 8.68. The second kappa shape index (κ2) is 3.45. The summed E-state index contributed by atoms with van der Waals surface area (Å²) in [5.74, 6) is -0.138. The largest absolute Gasteiger partial charge is 0.352 e.